The van der Waals surface area contributed by atoms with Crippen LogP contribution in [0.3, 0.4) is 0 Å². The molecule has 0 aliphatic heterocycles. The van der Waals surface area contributed by atoms with Crippen molar-refractivity contribution >= 4 is 6.01 Å². The van der Waals surface area contributed by atoms with Crippen LogP contribution in [0.2, 0.25) is 0 Å². The van der Waals surface area contributed by atoms with E-state index in [1.54, 1.807) is 0 Å². The second-order valence-corrected chi connectivity index (χ2v) is 4.82. The Morgan fingerprint density at radius 1 is 1.08 bits per heavy atom. The highest BCUT2D eigenvalue weighted by Crippen LogP contribution is 2.40. The van der Waals surface area contributed by atoms with E-state index in [9.17, 15) is 0 Å². The predicted molar refractivity (Wildman–Crippen MR) is 51.2 cm³/mol. The molecule has 13 heavy (non-hydrogen) atoms. The van der Waals surface area contributed by atoms with Gasteiger partial charge in [0.15, 0.2) is 0 Å². The number of nitrogens with two attached hydrogens (primary N) is 1. The molecule has 0 amide bonds. The first-order valence-corrected chi connectivity index (χ1v) is 4.34. The van der Waals surface area contributed by atoms with Gasteiger partial charge in [-0.15, -0.1) is 5.10 Å². The highest BCUT2D eigenvalue weighted by atomic mass is 16.4. The van der Waals surface area contributed by atoms with Gasteiger partial charge in [0.05, 0.1) is 0 Å². The van der Waals surface area contributed by atoms with E-state index in [0.29, 0.717) is 5.89 Å². The predicted octanol–water partition coefficient (Wildman–Crippen LogP) is 1.98. The van der Waals surface area contributed by atoms with Crippen LogP contribution in [0.15, 0.2) is 4.42 Å². The Balaban J connectivity index is 3.07. The van der Waals surface area contributed by atoms with Crippen LogP contribution in [-0.4, -0.2) is 10.2 Å². The molecule has 0 fully saturated rings. The fourth-order valence-corrected chi connectivity index (χ4v) is 0.808. The maximum atomic E-state index is 5.38. The molecular weight excluding hydrogens is 166 g/mol. The average Bonchev–Trinajstić information content (AvgIpc) is 2.33. The van der Waals surface area contributed by atoms with Gasteiger partial charge in [0.1, 0.15) is 0 Å². The Morgan fingerprint density at radius 3 is 1.92 bits per heavy atom. The summed E-state index contributed by atoms with van der Waals surface area (Å²) in [5, 5.41) is 7.57. The van der Waals surface area contributed by atoms with Crippen molar-refractivity contribution in [3.63, 3.8) is 0 Å². The van der Waals surface area contributed by atoms with E-state index in [-0.39, 0.29) is 16.8 Å². The molecule has 0 bridgehead atoms. The van der Waals surface area contributed by atoms with Crippen LogP contribution in [0.5, 0.6) is 0 Å². The van der Waals surface area contributed by atoms with Gasteiger partial charge in [-0.1, -0.05) is 39.7 Å². The van der Waals surface area contributed by atoms with Crippen molar-refractivity contribution < 1.29 is 4.42 Å². The van der Waals surface area contributed by atoms with Crippen molar-refractivity contribution in [1.29, 1.82) is 0 Å². The normalized spacial score (nSPS) is 13.3. The van der Waals surface area contributed by atoms with Crippen molar-refractivity contribution in [1.82, 2.24) is 10.2 Å². The molecule has 0 saturated heterocycles. The van der Waals surface area contributed by atoms with E-state index in [0.717, 1.165) is 0 Å². The zero-order chi connectivity index (χ0) is 10.3. The summed E-state index contributed by atoms with van der Waals surface area (Å²) in [5.41, 5.74) is 5.27. The summed E-state index contributed by atoms with van der Waals surface area (Å²) < 4.78 is 5.23. The molecule has 0 aromatic carbocycles. The number of aromatic nitrogens is 2. The van der Waals surface area contributed by atoms with E-state index in [2.05, 4.69) is 44.8 Å². The Hall–Kier alpha value is -1.06. The van der Waals surface area contributed by atoms with Gasteiger partial charge in [0.25, 0.3) is 0 Å². The number of hydrogen-bond acceptors (Lipinski definition) is 4. The molecule has 74 valence electrons. The summed E-state index contributed by atoms with van der Waals surface area (Å²) in [5.74, 6) is 0.595. The molecule has 4 heteroatoms. The van der Waals surface area contributed by atoms with Crippen LogP contribution in [0, 0.1) is 5.41 Å². The standard InChI is InChI=1S/C9H17N3O/c1-8(2,3)9(4,5)6-11-12-7(10)13-6/h1-5H3,(H2,10,12). The average molecular weight is 183 g/mol. The fraction of sp³-hybridized carbons (Fsp3) is 0.778. The van der Waals surface area contributed by atoms with E-state index in [4.69, 9.17) is 10.2 Å². The number of hydrogen-bond donors (Lipinski definition) is 1. The molecule has 1 aromatic rings. The molecule has 1 aromatic heterocycles. The van der Waals surface area contributed by atoms with Gasteiger partial charge in [-0.3, -0.25) is 0 Å². The highest BCUT2D eigenvalue weighted by molar-refractivity contribution is 5.12. The van der Waals surface area contributed by atoms with Gasteiger partial charge >= 0.3 is 6.01 Å². The van der Waals surface area contributed by atoms with Crippen LogP contribution < -0.4 is 5.73 Å². The van der Waals surface area contributed by atoms with Gasteiger partial charge < -0.3 is 10.2 Å². The lowest BCUT2D eigenvalue weighted by Gasteiger charge is -2.35. The SMILES string of the molecule is CC(C)(C)C(C)(C)c1nnc(N)o1. The van der Waals surface area contributed by atoms with E-state index in [1.165, 1.54) is 0 Å². The minimum absolute atomic E-state index is 0.0615. The van der Waals surface area contributed by atoms with Crippen LogP contribution in [-0.2, 0) is 5.41 Å². The van der Waals surface area contributed by atoms with Crippen LogP contribution in [0.1, 0.15) is 40.5 Å². The summed E-state index contributed by atoms with van der Waals surface area (Å²) in [4.78, 5) is 0. The second-order valence-electron chi connectivity index (χ2n) is 4.82. The smallest absolute Gasteiger partial charge is 0.312 e. The molecular formula is C9H17N3O. The second kappa shape index (κ2) is 2.72. The Labute approximate surface area is 78.5 Å². The summed E-state index contributed by atoms with van der Waals surface area (Å²) >= 11 is 0. The Bertz CT molecular complexity index is 296. The van der Waals surface area contributed by atoms with Crippen molar-refractivity contribution in [2.75, 3.05) is 5.73 Å². The van der Waals surface area contributed by atoms with Gasteiger partial charge in [-0.2, -0.15) is 0 Å². The van der Waals surface area contributed by atoms with Crippen molar-refractivity contribution in [3.05, 3.63) is 5.89 Å². The zero-order valence-electron chi connectivity index (χ0n) is 8.88. The third-order valence-corrected chi connectivity index (χ3v) is 2.85. The summed E-state index contributed by atoms with van der Waals surface area (Å²) in [6.07, 6.45) is 0. The molecule has 1 rings (SSSR count). The van der Waals surface area contributed by atoms with E-state index in [1.807, 2.05) is 0 Å². The molecule has 0 aliphatic rings. The van der Waals surface area contributed by atoms with Gasteiger partial charge in [0.2, 0.25) is 5.89 Å². The van der Waals surface area contributed by atoms with Crippen molar-refractivity contribution in [2.24, 2.45) is 5.41 Å². The number of nitrogen functional groups attached to an aromatic ring is 1. The van der Waals surface area contributed by atoms with Crippen LogP contribution in [0.25, 0.3) is 0 Å². The third kappa shape index (κ3) is 1.66. The number of nitrogens with zero attached hydrogens (tertiary/aromatic N) is 2. The lowest BCUT2D eigenvalue weighted by atomic mass is 9.69. The number of rotatable bonds is 1. The maximum Gasteiger partial charge on any atom is 0.312 e. The first kappa shape index (κ1) is 10.0. The Morgan fingerprint density at radius 2 is 1.62 bits per heavy atom. The maximum absolute atomic E-state index is 5.38. The first-order valence-electron chi connectivity index (χ1n) is 4.34. The minimum atomic E-state index is -0.169. The number of anilines is 1. The molecule has 2 N–H and O–H groups in total. The molecule has 0 saturated carbocycles. The van der Waals surface area contributed by atoms with Crippen LogP contribution in [0.4, 0.5) is 6.01 Å². The molecule has 0 spiro atoms. The summed E-state index contributed by atoms with van der Waals surface area (Å²) in [6.45, 7) is 10.5. The Kier molecular flexibility index (Phi) is 2.10. The first-order chi connectivity index (χ1) is 5.75. The van der Waals surface area contributed by atoms with Gasteiger partial charge in [-0.05, 0) is 5.41 Å². The lowest BCUT2D eigenvalue weighted by molar-refractivity contribution is 0.184. The highest BCUT2D eigenvalue weighted by Gasteiger charge is 2.39. The topological polar surface area (TPSA) is 64.9 Å². The molecule has 0 atom stereocenters. The lowest BCUT2D eigenvalue weighted by Crippen LogP contribution is -2.34. The summed E-state index contributed by atoms with van der Waals surface area (Å²) in [6, 6.07) is 0.132. The van der Waals surface area contributed by atoms with E-state index >= 15 is 0 Å². The zero-order valence-corrected chi connectivity index (χ0v) is 8.88. The molecule has 0 unspecified atom stereocenters. The molecule has 1 heterocycles. The van der Waals surface area contributed by atoms with E-state index < -0.39 is 0 Å². The van der Waals surface area contributed by atoms with Crippen LogP contribution >= 0.6 is 0 Å². The van der Waals surface area contributed by atoms with Gasteiger partial charge in [-0.25, -0.2) is 0 Å². The van der Waals surface area contributed by atoms with Gasteiger partial charge in [0, 0.05) is 5.41 Å². The molecule has 4 nitrogen and oxygen atoms in total. The quantitative estimate of drug-likeness (QED) is 0.723. The van der Waals surface area contributed by atoms with Crippen molar-refractivity contribution in [3.8, 4) is 0 Å². The summed E-state index contributed by atoms with van der Waals surface area (Å²) in [7, 11) is 0. The monoisotopic (exact) mass is 183 g/mol. The molecule has 0 aliphatic carbocycles. The minimum Gasteiger partial charge on any atom is -0.408 e. The van der Waals surface area contributed by atoms with Crippen molar-refractivity contribution in [2.45, 2.75) is 40.0 Å². The largest absolute Gasteiger partial charge is 0.408 e. The molecule has 0 radical (unpaired) electrons. The third-order valence-electron chi connectivity index (χ3n) is 2.85. The fourth-order valence-electron chi connectivity index (χ4n) is 0.808.